The second kappa shape index (κ2) is 10.4. The van der Waals surface area contributed by atoms with Crippen molar-refractivity contribution in [1.29, 1.82) is 0 Å². The maximum Gasteiger partial charge on any atom is 0.319 e. The number of nitrogens with one attached hydrogen (secondary N) is 4. The number of aromatic nitrogens is 2. The molecule has 0 bridgehead atoms. The lowest BCUT2D eigenvalue weighted by Crippen LogP contribution is -2.57. The van der Waals surface area contributed by atoms with E-state index in [0.29, 0.717) is 13.0 Å². The summed E-state index contributed by atoms with van der Waals surface area (Å²) in [4.78, 5) is 27.4. The highest BCUT2D eigenvalue weighted by molar-refractivity contribution is 5.92. The smallest absolute Gasteiger partial charge is 0.319 e. The van der Waals surface area contributed by atoms with Gasteiger partial charge in [0, 0.05) is 36.2 Å². The first-order valence-electron chi connectivity index (χ1n) is 12.3. The Morgan fingerprint density at radius 2 is 1.97 bits per heavy atom. The maximum atomic E-state index is 13.2. The van der Waals surface area contributed by atoms with Gasteiger partial charge in [0.15, 0.2) is 0 Å². The number of fused-ring (bicyclic) bond motifs is 1. The molecule has 1 saturated carbocycles. The number of carbonyl (C=O) groups excluding carboxylic acids is 2. The standard InChI is InChI=1S/C26H31FN6O2/c27-20-7-5-17(6-8-20)11-22-15-33(16-25(34)29-22)14-18-3-1-2-4-23(18)31-26(35)30-21-9-10-24-19(12-21)13-28-32-24/h5-10,12-13,18,22-23H,1-4,11,14-16H2,(H,28,32)(H,29,34)(H2,30,31,35)/t18-,22-,23+/m0/s1. The van der Waals surface area contributed by atoms with Gasteiger partial charge in [0.25, 0.3) is 0 Å². The number of H-pyrrole nitrogens is 1. The van der Waals surface area contributed by atoms with Gasteiger partial charge in [-0.15, -0.1) is 0 Å². The topological polar surface area (TPSA) is 102 Å². The van der Waals surface area contributed by atoms with Crippen molar-refractivity contribution in [3.63, 3.8) is 0 Å². The Hall–Kier alpha value is -3.46. The van der Waals surface area contributed by atoms with Crippen molar-refractivity contribution in [2.75, 3.05) is 25.0 Å². The van der Waals surface area contributed by atoms with E-state index in [4.69, 9.17) is 0 Å². The van der Waals surface area contributed by atoms with Gasteiger partial charge in [-0.1, -0.05) is 25.0 Å². The van der Waals surface area contributed by atoms with Crippen LogP contribution in [0.2, 0.25) is 0 Å². The predicted molar refractivity (Wildman–Crippen MR) is 132 cm³/mol. The van der Waals surface area contributed by atoms with Crippen molar-refractivity contribution < 1.29 is 14.0 Å². The van der Waals surface area contributed by atoms with E-state index >= 15 is 0 Å². The van der Waals surface area contributed by atoms with Gasteiger partial charge in [0.2, 0.25) is 5.91 Å². The fraction of sp³-hybridized carbons (Fsp3) is 0.423. The first-order valence-corrected chi connectivity index (χ1v) is 12.3. The summed E-state index contributed by atoms with van der Waals surface area (Å²) in [6, 6.07) is 11.9. The number of benzene rings is 2. The molecule has 184 valence electrons. The van der Waals surface area contributed by atoms with E-state index in [0.717, 1.165) is 60.9 Å². The number of hydrogen-bond acceptors (Lipinski definition) is 4. The van der Waals surface area contributed by atoms with Crippen LogP contribution in [-0.2, 0) is 11.2 Å². The van der Waals surface area contributed by atoms with Crippen LogP contribution < -0.4 is 16.0 Å². The fourth-order valence-corrected chi connectivity index (χ4v) is 5.36. The van der Waals surface area contributed by atoms with Crippen molar-refractivity contribution in [1.82, 2.24) is 25.7 Å². The van der Waals surface area contributed by atoms with Crippen LogP contribution in [0.3, 0.4) is 0 Å². The van der Waals surface area contributed by atoms with Gasteiger partial charge in [0.1, 0.15) is 5.82 Å². The Balaban J connectivity index is 1.18. The lowest BCUT2D eigenvalue weighted by molar-refractivity contribution is -0.125. The number of amides is 3. The molecule has 3 amide bonds. The molecule has 35 heavy (non-hydrogen) atoms. The van der Waals surface area contributed by atoms with Crippen LogP contribution >= 0.6 is 0 Å². The van der Waals surface area contributed by atoms with Gasteiger partial charge in [-0.3, -0.25) is 14.8 Å². The molecule has 2 heterocycles. The van der Waals surface area contributed by atoms with Gasteiger partial charge in [-0.2, -0.15) is 5.10 Å². The molecule has 2 aliphatic rings. The number of piperazine rings is 1. The van der Waals surface area contributed by atoms with Crippen LogP contribution in [0.25, 0.3) is 10.9 Å². The molecular weight excluding hydrogens is 447 g/mol. The summed E-state index contributed by atoms with van der Waals surface area (Å²) in [5.41, 5.74) is 2.65. The molecular formula is C26H31FN6O2. The summed E-state index contributed by atoms with van der Waals surface area (Å²) in [7, 11) is 0. The van der Waals surface area contributed by atoms with Gasteiger partial charge in [-0.25, -0.2) is 9.18 Å². The van der Waals surface area contributed by atoms with Crippen LogP contribution in [0.15, 0.2) is 48.7 Å². The molecule has 9 heteroatoms. The number of aromatic amines is 1. The summed E-state index contributed by atoms with van der Waals surface area (Å²) < 4.78 is 13.2. The number of urea groups is 1. The highest BCUT2D eigenvalue weighted by atomic mass is 19.1. The zero-order valence-electron chi connectivity index (χ0n) is 19.6. The zero-order chi connectivity index (χ0) is 24.2. The highest BCUT2D eigenvalue weighted by Gasteiger charge is 2.32. The highest BCUT2D eigenvalue weighted by Crippen LogP contribution is 2.26. The molecule has 0 spiro atoms. The van der Waals surface area contributed by atoms with Crippen LogP contribution in [-0.4, -0.2) is 58.8 Å². The Morgan fingerprint density at radius 1 is 1.14 bits per heavy atom. The molecule has 1 aromatic heterocycles. The SMILES string of the molecule is O=C1CN(C[C@@H]2CCCC[C@H]2NC(=O)Nc2ccc3[nH]ncc3c2)C[C@H](Cc2ccc(F)cc2)N1. The molecule has 3 atom stereocenters. The average molecular weight is 479 g/mol. The lowest BCUT2D eigenvalue weighted by atomic mass is 9.84. The van der Waals surface area contributed by atoms with E-state index in [1.807, 2.05) is 18.2 Å². The van der Waals surface area contributed by atoms with Crippen LogP contribution in [0.1, 0.15) is 31.2 Å². The monoisotopic (exact) mass is 478 g/mol. The Morgan fingerprint density at radius 3 is 2.83 bits per heavy atom. The Labute approximate surface area is 203 Å². The van der Waals surface area contributed by atoms with Crippen LogP contribution in [0.4, 0.5) is 14.9 Å². The van der Waals surface area contributed by atoms with Crippen molar-refractivity contribution in [3.8, 4) is 0 Å². The number of hydrogen-bond donors (Lipinski definition) is 4. The van der Waals surface area contributed by atoms with Gasteiger partial charge >= 0.3 is 6.03 Å². The Bertz CT molecular complexity index is 1180. The summed E-state index contributed by atoms with van der Waals surface area (Å²) in [5, 5.41) is 17.1. The second-order valence-corrected chi connectivity index (χ2v) is 9.71. The van der Waals surface area contributed by atoms with E-state index in [1.54, 1.807) is 18.3 Å². The van der Waals surface area contributed by atoms with Gasteiger partial charge in [0.05, 0.1) is 18.3 Å². The summed E-state index contributed by atoms with van der Waals surface area (Å²) >= 11 is 0. The summed E-state index contributed by atoms with van der Waals surface area (Å²) in [5.74, 6) is 0.0317. The van der Waals surface area contributed by atoms with Crippen molar-refractivity contribution >= 4 is 28.5 Å². The van der Waals surface area contributed by atoms with Crippen molar-refractivity contribution in [2.45, 2.75) is 44.2 Å². The Kier molecular flexibility index (Phi) is 6.94. The molecule has 1 saturated heterocycles. The average Bonchev–Trinajstić information content (AvgIpc) is 3.29. The molecule has 1 aliphatic carbocycles. The van der Waals surface area contributed by atoms with E-state index in [9.17, 15) is 14.0 Å². The van der Waals surface area contributed by atoms with E-state index in [1.165, 1.54) is 12.1 Å². The van der Waals surface area contributed by atoms with Gasteiger partial charge in [-0.05, 0) is 61.1 Å². The predicted octanol–water partition coefficient (Wildman–Crippen LogP) is 3.43. The molecule has 2 fully saturated rings. The van der Waals surface area contributed by atoms with E-state index < -0.39 is 0 Å². The minimum atomic E-state index is -0.259. The minimum Gasteiger partial charge on any atom is -0.351 e. The first kappa shape index (κ1) is 23.3. The third-order valence-electron chi connectivity index (χ3n) is 7.02. The fourth-order valence-electron chi connectivity index (χ4n) is 5.36. The number of halogens is 1. The first-order chi connectivity index (χ1) is 17.0. The molecule has 3 aromatic rings. The molecule has 1 aliphatic heterocycles. The maximum absolute atomic E-state index is 13.2. The van der Waals surface area contributed by atoms with Crippen LogP contribution in [0.5, 0.6) is 0 Å². The molecule has 2 aromatic carbocycles. The number of anilines is 1. The number of nitrogens with zero attached hydrogens (tertiary/aromatic N) is 2. The van der Waals surface area contributed by atoms with Crippen LogP contribution in [0, 0.1) is 11.7 Å². The normalized spacial score (nSPS) is 23.1. The quantitative estimate of drug-likeness (QED) is 0.436. The number of carbonyl (C=O) groups is 2. The molecule has 4 N–H and O–H groups in total. The molecule has 8 nitrogen and oxygen atoms in total. The molecule has 5 rings (SSSR count). The summed E-state index contributed by atoms with van der Waals surface area (Å²) in [6.07, 6.45) is 6.55. The third kappa shape index (κ3) is 5.97. The zero-order valence-corrected chi connectivity index (χ0v) is 19.6. The summed E-state index contributed by atoms with van der Waals surface area (Å²) in [6.45, 7) is 1.86. The second-order valence-electron chi connectivity index (χ2n) is 9.71. The van der Waals surface area contributed by atoms with Crippen molar-refractivity contribution in [3.05, 3.63) is 60.0 Å². The van der Waals surface area contributed by atoms with E-state index in [2.05, 4.69) is 31.0 Å². The van der Waals surface area contributed by atoms with E-state index in [-0.39, 0.29) is 35.8 Å². The molecule has 0 unspecified atom stereocenters. The van der Waals surface area contributed by atoms with Crippen molar-refractivity contribution in [2.24, 2.45) is 5.92 Å². The number of rotatable bonds is 6. The minimum absolute atomic E-state index is 0.0102. The third-order valence-corrected chi connectivity index (χ3v) is 7.02. The molecule has 0 radical (unpaired) electrons. The largest absolute Gasteiger partial charge is 0.351 e. The lowest BCUT2D eigenvalue weighted by Gasteiger charge is -2.39. The van der Waals surface area contributed by atoms with Gasteiger partial charge < -0.3 is 16.0 Å².